The van der Waals surface area contributed by atoms with Crippen LogP contribution in [0.15, 0.2) is 36.4 Å². The first-order valence-corrected chi connectivity index (χ1v) is 8.39. The van der Waals surface area contributed by atoms with Crippen LogP contribution in [0.1, 0.15) is 17.1 Å². The summed E-state index contributed by atoms with van der Waals surface area (Å²) < 4.78 is 0. The Bertz CT molecular complexity index is 851. The Morgan fingerprint density at radius 3 is 2.26 bits per heavy atom. The van der Waals surface area contributed by atoms with Crippen molar-refractivity contribution in [2.45, 2.75) is 13.3 Å². The van der Waals surface area contributed by atoms with E-state index in [1.807, 2.05) is 31.2 Å². The SMILES string of the molecule is Cc1[nH]c(Cc2ccc(Cl)cc2Cl)nc1-c1cc(Cl)cc(Cl)c1. The zero-order valence-corrected chi connectivity index (χ0v) is 15.2. The highest BCUT2D eigenvalue weighted by Gasteiger charge is 2.12. The van der Waals surface area contributed by atoms with Gasteiger partial charge in [-0.1, -0.05) is 52.5 Å². The van der Waals surface area contributed by atoms with Crippen molar-refractivity contribution in [3.63, 3.8) is 0 Å². The molecule has 6 heteroatoms. The van der Waals surface area contributed by atoms with Crippen LogP contribution in [0.25, 0.3) is 11.3 Å². The molecule has 118 valence electrons. The molecule has 0 spiro atoms. The maximum atomic E-state index is 6.22. The van der Waals surface area contributed by atoms with Crippen LogP contribution < -0.4 is 0 Å². The van der Waals surface area contributed by atoms with Gasteiger partial charge in [0.25, 0.3) is 0 Å². The molecule has 0 saturated heterocycles. The summed E-state index contributed by atoms with van der Waals surface area (Å²) >= 11 is 24.3. The summed E-state index contributed by atoms with van der Waals surface area (Å²) in [6.45, 7) is 1.96. The highest BCUT2D eigenvalue weighted by Crippen LogP contribution is 2.29. The van der Waals surface area contributed by atoms with Crippen molar-refractivity contribution >= 4 is 46.4 Å². The van der Waals surface area contributed by atoms with Gasteiger partial charge in [-0.05, 0) is 42.8 Å². The largest absolute Gasteiger partial charge is 0.345 e. The normalized spacial score (nSPS) is 11.0. The third-order valence-electron chi connectivity index (χ3n) is 3.44. The first kappa shape index (κ1) is 16.7. The molecule has 0 aliphatic rings. The Kier molecular flexibility index (Phi) is 4.88. The lowest BCUT2D eigenvalue weighted by Crippen LogP contribution is -1.92. The lowest BCUT2D eigenvalue weighted by atomic mass is 10.1. The standard InChI is InChI=1S/C17H12Cl4N2/c1-9-17(11-4-13(19)7-14(20)5-11)23-16(22-9)6-10-2-3-12(18)8-15(10)21/h2-5,7-8H,6H2,1H3,(H,22,23). The molecule has 0 bridgehead atoms. The van der Waals surface area contributed by atoms with Gasteiger partial charge >= 0.3 is 0 Å². The van der Waals surface area contributed by atoms with Gasteiger partial charge in [0.15, 0.2) is 0 Å². The molecular formula is C17H12Cl4N2. The number of H-pyrrole nitrogens is 1. The molecule has 3 aromatic rings. The molecular weight excluding hydrogens is 374 g/mol. The van der Waals surface area contributed by atoms with Gasteiger partial charge in [0.05, 0.1) is 5.69 Å². The van der Waals surface area contributed by atoms with E-state index in [2.05, 4.69) is 9.97 Å². The maximum Gasteiger partial charge on any atom is 0.111 e. The number of rotatable bonds is 3. The number of nitrogens with zero attached hydrogens (tertiary/aromatic N) is 1. The van der Waals surface area contributed by atoms with E-state index in [4.69, 9.17) is 46.4 Å². The summed E-state index contributed by atoms with van der Waals surface area (Å²) in [5.41, 5.74) is 3.61. The van der Waals surface area contributed by atoms with E-state index in [9.17, 15) is 0 Å². The van der Waals surface area contributed by atoms with Crippen LogP contribution in [-0.2, 0) is 6.42 Å². The summed E-state index contributed by atoms with van der Waals surface area (Å²) in [5, 5.41) is 2.40. The topological polar surface area (TPSA) is 28.7 Å². The fourth-order valence-electron chi connectivity index (χ4n) is 2.42. The van der Waals surface area contributed by atoms with Crippen molar-refractivity contribution in [3.05, 3.63) is 73.6 Å². The Balaban J connectivity index is 1.94. The van der Waals surface area contributed by atoms with Gasteiger partial charge in [-0.2, -0.15) is 0 Å². The Labute approximate surface area is 154 Å². The predicted octanol–water partition coefficient (Wildman–Crippen LogP) is 6.59. The number of aryl methyl sites for hydroxylation is 1. The Morgan fingerprint density at radius 1 is 0.913 bits per heavy atom. The molecule has 0 radical (unpaired) electrons. The van der Waals surface area contributed by atoms with Gasteiger partial charge in [0.1, 0.15) is 5.82 Å². The smallest absolute Gasteiger partial charge is 0.111 e. The van der Waals surface area contributed by atoms with Crippen molar-refractivity contribution in [1.29, 1.82) is 0 Å². The van der Waals surface area contributed by atoms with Crippen LogP contribution in [0.3, 0.4) is 0 Å². The molecule has 0 fully saturated rings. The second-order valence-electron chi connectivity index (χ2n) is 5.23. The van der Waals surface area contributed by atoms with Gasteiger partial charge in [-0.15, -0.1) is 0 Å². The van der Waals surface area contributed by atoms with Crippen LogP contribution in [0, 0.1) is 6.92 Å². The molecule has 0 atom stereocenters. The number of benzene rings is 2. The van der Waals surface area contributed by atoms with Crippen molar-refractivity contribution in [2.75, 3.05) is 0 Å². The minimum atomic E-state index is 0.581. The number of nitrogens with one attached hydrogen (secondary N) is 1. The fourth-order valence-corrected chi connectivity index (χ4v) is 3.42. The summed E-state index contributed by atoms with van der Waals surface area (Å²) in [4.78, 5) is 7.94. The summed E-state index contributed by atoms with van der Waals surface area (Å²) in [7, 11) is 0. The Hall–Kier alpha value is -1.19. The van der Waals surface area contributed by atoms with Crippen LogP contribution in [-0.4, -0.2) is 9.97 Å². The van der Waals surface area contributed by atoms with E-state index in [1.165, 1.54) is 0 Å². The predicted molar refractivity (Wildman–Crippen MR) is 98.0 cm³/mol. The average molecular weight is 386 g/mol. The van der Waals surface area contributed by atoms with Crippen LogP contribution in [0.5, 0.6) is 0 Å². The molecule has 1 heterocycles. The molecule has 0 aliphatic carbocycles. The number of halogens is 4. The molecule has 3 rings (SSSR count). The van der Waals surface area contributed by atoms with Crippen LogP contribution >= 0.6 is 46.4 Å². The molecule has 0 saturated carbocycles. The van der Waals surface area contributed by atoms with E-state index in [0.717, 1.165) is 28.3 Å². The van der Waals surface area contributed by atoms with E-state index in [0.29, 0.717) is 26.5 Å². The third-order valence-corrected chi connectivity index (χ3v) is 4.47. The molecule has 0 amide bonds. The van der Waals surface area contributed by atoms with Crippen molar-refractivity contribution in [3.8, 4) is 11.3 Å². The van der Waals surface area contributed by atoms with E-state index < -0.39 is 0 Å². The maximum absolute atomic E-state index is 6.22. The highest BCUT2D eigenvalue weighted by atomic mass is 35.5. The molecule has 2 nitrogen and oxygen atoms in total. The molecule has 2 aromatic carbocycles. The number of hydrogen-bond donors (Lipinski definition) is 1. The molecule has 0 unspecified atom stereocenters. The molecule has 0 aliphatic heterocycles. The zero-order valence-electron chi connectivity index (χ0n) is 12.1. The second-order valence-corrected chi connectivity index (χ2v) is 6.94. The third kappa shape index (κ3) is 3.84. The summed E-state index contributed by atoms with van der Waals surface area (Å²) in [6.07, 6.45) is 0.588. The monoisotopic (exact) mass is 384 g/mol. The number of imidazole rings is 1. The van der Waals surface area contributed by atoms with Crippen LogP contribution in [0.4, 0.5) is 0 Å². The lowest BCUT2D eigenvalue weighted by molar-refractivity contribution is 1.02. The Morgan fingerprint density at radius 2 is 1.61 bits per heavy atom. The van der Waals surface area contributed by atoms with E-state index in [-0.39, 0.29) is 0 Å². The number of aromatic nitrogens is 2. The quantitative estimate of drug-likeness (QED) is 0.541. The van der Waals surface area contributed by atoms with Crippen molar-refractivity contribution < 1.29 is 0 Å². The number of aromatic amines is 1. The van der Waals surface area contributed by atoms with Gasteiger partial charge in [-0.25, -0.2) is 4.98 Å². The average Bonchev–Trinajstić information content (AvgIpc) is 2.82. The molecule has 23 heavy (non-hydrogen) atoms. The van der Waals surface area contributed by atoms with Crippen LogP contribution in [0.2, 0.25) is 20.1 Å². The fraction of sp³-hybridized carbons (Fsp3) is 0.118. The molecule has 1 N–H and O–H groups in total. The summed E-state index contributed by atoms with van der Waals surface area (Å²) in [5.74, 6) is 0.817. The minimum Gasteiger partial charge on any atom is -0.345 e. The van der Waals surface area contributed by atoms with Gasteiger partial charge in [0, 0.05) is 37.8 Å². The van der Waals surface area contributed by atoms with Gasteiger partial charge in [0.2, 0.25) is 0 Å². The first-order valence-electron chi connectivity index (χ1n) is 6.88. The van der Waals surface area contributed by atoms with Crippen molar-refractivity contribution in [2.24, 2.45) is 0 Å². The van der Waals surface area contributed by atoms with E-state index in [1.54, 1.807) is 12.1 Å². The molecule has 1 aromatic heterocycles. The van der Waals surface area contributed by atoms with E-state index >= 15 is 0 Å². The van der Waals surface area contributed by atoms with Gasteiger partial charge < -0.3 is 4.98 Å². The zero-order chi connectivity index (χ0) is 16.6. The second kappa shape index (κ2) is 6.74. The van der Waals surface area contributed by atoms with Crippen molar-refractivity contribution in [1.82, 2.24) is 9.97 Å². The minimum absolute atomic E-state index is 0.581. The first-order chi connectivity index (χ1) is 10.9. The lowest BCUT2D eigenvalue weighted by Gasteiger charge is -2.02. The number of hydrogen-bond acceptors (Lipinski definition) is 1. The van der Waals surface area contributed by atoms with Gasteiger partial charge in [-0.3, -0.25) is 0 Å². The highest BCUT2D eigenvalue weighted by molar-refractivity contribution is 6.35. The summed E-state index contributed by atoms with van der Waals surface area (Å²) in [6, 6.07) is 10.8.